The summed E-state index contributed by atoms with van der Waals surface area (Å²) < 4.78 is 5.75. The molecule has 0 bridgehead atoms. The Morgan fingerprint density at radius 2 is 1.79 bits per heavy atom. The molecule has 0 spiro atoms. The highest BCUT2D eigenvalue weighted by atomic mass is 16.6. The zero-order valence-electron chi connectivity index (χ0n) is 14.9. The molecule has 0 aliphatic rings. The van der Waals surface area contributed by atoms with E-state index in [9.17, 15) is 14.9 Å². The van der Waals surface area contributed by atoms with Gasteiger partial charge in [-0.25, -0.2) is 0 Å². The predicted molar refractivity (Wildman–Crippen MR) is 108 cm³/mol. The minimum Gasteiger partial charge on any atom is -0.489 e. The fraction of sp³-hybridized carbons (Fsp3) is 0.0455. The Balaban J connectivity index is 1.59. The van der Waals surface area contributed by atoms with Crippen molar-refractivity contribution in [3.8, 4) is 5.75 Å². The Hall–Kier alpha value is -3.93. The van der Waals surface area contributed by atoms with Crippen LogP contribution in [0.25, 0.3) is 6.08 Å². The van der Waals surface area contributed by atoms with E-state index in [0.29, 0.717) is 23.6 Å². The maximum Gasteiger partial charge on any atom is 0.270 e. The van der Waals surface area contributed by atoms with Gasteiger partial charge in [0.1, 0.15) is 12.4 Å². The Kier molecular flexibility index (Phi) is 6.15. The molecule has 1 amide bonds. The van der Waals surface area contributed by atoms with Gasteiger partial charge in [-0.05, 0) is 29.3 Å². The molecule has 28 heavy (non-hydrogen) atoms. The topological polar surface area (TPSA) is 81.5 Å². The summed E-state index contributed by atoms with van der Waals surface area (Å²) in [5.74, 6) is 0.302. The van der Waals surface area contributed by atoms with Crippen LogP contribution in [0.1, 0.15) is 11.1 Å². The second kappa shape index (κ2) is 9.14. The van der Waals surface area contributed by atoms with Crippen LogP contribution in [0.3, 0.4) is 0 Å². The first-order valence-corrected chi connectivity index (χ1v) is 8.60. The van der Waals surface area contributed by atoms with Crippen molar-refractivity contribution in [1.82, 2.24) is 0 Å². The molecule has 0 fully saturated rings. The molecule has 3 rings (SSSR count). The minimum atomic E-state index is -0.474. The molecular weight excluding hydrogens is 356 g/mol. The third kappa shape index (κ3) is 5.54. The van der Waals surface area contributed by atoms with E-state index in [0.717, 1.165) is 5.56 Å². The lowest BCUT2D eigenvalue weighted by molar-refractivity contribution is -0.384. The van der Waals surface area contributed by atoms with Crippen molar-refractivity contribution in [2.75, 3.05) is 5.32 Å². The number of hydrogen-bond acceptors (Lipinski definition) is 4. The van der Waals surface area contributed by atoms with Gasteiger partial charge in [0.2, 0.25) is 5.91 Å². The number of amides is 1. The molecule has 6 nitrogen and oxygen atoms in total. The van der Waals surface area contributed by atoms with E-state index in [2.05, 4.69) is 5.32 Å². The van der Waals surface area contributed by atoms with E-state index in [-0.39, 0.29) is 11.6 Å². The second-order valence-electron chi connectivity index (χ2n) is 5.98. The van der Waals surface area contributed by atoms with Gasteiger partial charge in [0, 0.05) is 30.0 Å². The highest BCUT2D eigenvalue weighted by Crippen LogP contribution is 2.19. The van der Waals surface area contributed by atoms with Gasteiger partial charge in [0.15, 0.2) is 0 Å². The summed E-state index contributed by atoms with van der Waals surface area (Å²) in [6.45, 7) is 0.435. The number of nitrogens with one attached hydrogen (secondary N) is 1. The first-order chi connectivity index (χ1) is 13.6. The third-order valence-electron chi connectivity index (χ3n) is 3.86. The first-order valence-electron chi connectivity index (χ1n) is 8.60. The van der Waals surface area contributed by atoms with E-state index in [1.54, 1.807) is 30.3 Å². The molecule has 0 heterocycles. The molecule has 1 N–H and O–H groups in total. The number of nitro groups is 1. The number of carbonyl (C=O) groups excluding carboxylic acids is 1. The van der Waals surface area contributed by atoms with Gasteiger partial charge in [0.25, 0.3) is 5.69 Å². The van der Waals surface area contributed by atoms with E-state index in [1.165, 1.54) is 24.3 Å². The monoisotopic (exact) mass is 374 g/mol. The van der Waals surface area contributed by atoms with Crippen LogP contribution in [0.15, 0.2) is 84.9 Å². The number of non-ortho nitro benzene ring substituents is 1. The lowest BCUT2D eigenvalue weighted by atomic mass is 10.2. The average molecular weight is 374 g/mol. The zero-order chi connectivity index (χ0) is 19.8. The van der Waals surface area contributed by atoms with Gasteiger partial charge in [0.05, 0.1) is 4.92 Å². The summed E-state index contributed by atoms with van der Waals surface area (Å²) in [5, 5.41) is 13.5. The summed E-state index contributed by atoms with van der Waals surface area (Å²) in [6, 6.07) is 23.0. The van der Waals surface area contributed by atoms with E-state index in [1.807, 2.05) is 36.4 Å². The quantitative estimate of drug-likeness (QED) is 0.365. The number of anilines is 1. The summed E-state index contributed by atoms with van der Waals surface area (Å²) in [6.07, 6.45) is 2.86. The second-order valence-corrected chi connectivity index (χ2v) is 5.98. The van der Waals surface area contributed by atoms with Crippen molar-refractivity contribution in [2.24, 2.45) is 0 Å². The molecule has 0 radical (unpaired) electrons. The summed E-state index contributed by atoms with van der Waals surface area (Å²) in [7, 11) is 0. The third-order valence-corrected chi connectivity index (χ3v) is 3.86. The normalized spacial score (nSPS) is 10.6. The highest BCUT2D eigenvalue weighted by Gasteiger charge is 2.05. The molecule has 0 saturated carbocycles. The number of benzene rings is 3. The van der Waals surface area contributed by atoms with Gasteiger partial charge >= 0.3 is 0 Å². The van der Waals surface area contributed by atoms with E-state index in [4.69, 9.17) is 4.74 Å². The molecule has 0 aliphatic carbocycles. The lowest BCUT2D eigenvalue weighted by Gasteiger charge is -2.08. The SMILES string of the molecule is O=C(/C=C/c1cccc([N+](=O)[O-])c1)Nc1cccc(OCc2ccccc2)c1. The van der Waals surface area contributed by atoms with Crippen molar-refractivity contribution in [3.63, 3.8) is 0 Å². The highest BCUT2D eigenvalue weighted by molar-refractivity contribution is 6.02. The number of carbonyl (C=O) groups is 1. The van der Waals surface area contributed by atoms with Crippen LogP contribution in [0, 0.1) is 10.1 Å². The van der Waals surface area contributed by atoms with E-state index >= 15 is 0 Å². The van der Waals surface area contributed by atoms with Crippen LogP contribution in [0.2, 0.25) is 0 Å². The van der Waals surface area contributed by atoms with Crippen LogP contribution >= 0.6 is 0 Å². The number of nitrogens with zero attached hydrogens (tertiary/aromatic N) is 1. The number of nitro benzene ring substituents is 1. The molecule has 0 aliphatic heterocycles. The first kappa shape index (κ1) is 18.8. The van der Waals surface area contributed by atoms with Crippen molar-refractivity contribution in [3.05, 3.63) is 106 Å². The standard InChI is InChI=1S/C22H18N2O4/c25-22(13-12-17-8-4-10-20(14-17)24(26)27)23-19-9-5-11-21(15-19)28-16-18-6-2-1-3-7-18/h1-15H,16H2,(H,23,25)/b13-12+. The van der Waals surface area contributed by atoms with Crippen molar-refractivity contribution in [1.29, 1.82) is 0 Å². The summed E-state index contributed by atoms with van der Waals surface area (Å²) in [4.78, 5) is 22.4. The maximum absolute atomic E-state index is 12.1. The van der Waals surface area contributed by atoms with Crippen LogP contribution in [-0.4, -0.2) is 10.8 Å². The zero-order valence-corrected chi connectivity index (χ0v) is 14.9. The Morgan fingerprint density at radius 3 is 2.57 bits per heavy atom. The fourth-order valence-electron chi connectivity index (χ4n) is 2.50. The molecular formula is C22H18N2O4. The van der Waals surface area contributed by atoms with Crippen LogP contribution in [-0.2, 0) is 11.4 Å². The Bertz CT molecular complexity index is 1000. The van der Waals surface area contributed by atoms with Gasteiger partial charge in [-0.1, -0.05) is 48.5 Å². The minimum absolute atomic E-state index is 0.0224. The van der Waals surface area contributed by atoms with Crippen molar-refractivity contribution in [2.45, 2.75) is 6.61 Å². The predicted octanol–water partition coefficient (Wildman–Crippen LogP) is 4.83. The largest absolute Gasteiger partial charge is 0.489 e. The molecule has 0 unspecified atom stereocenters. The Morgan fingerprint density at radius 1 is 1.00 bits per heavy atom. The van der Waals surface area contributed by atoms with Crippen molar-refractivity contribution < 1.29 is 14.5 Å². The smallest absolute Gasteiger partial charge is 0.270 e. The van der Waals surface area contributed by atoms with Gasteiger partial charge in [-0.2, -0.15) is 0 Å². The lowest BCUT2D eigenvalue weighted by Crippen LogP contribution is -2.07. The molecule has 0 atom stereocenters. The van der Waals surface area contributed by atoms with Crippen LogP contribution < -0.4 is 10.1 Å². The fourth-order valence-corrected chi connectivity index (χ4v) is 2.50. The number of hydrogen-bond donors (Lipinski definition) is 1. The molecule has 6 heteroatoms. The van der Waals surface area contributed by atoms with Crippen molar-refractivity contribution >= 4 is 23.4 Å². The molecule has 3 aromatic rings. The number of ether oxygens (including phenoxy) is 1. The van der Waals surface area contributed by atoms with Crippen LogP contribution in [0.4, 0.5) is 11.4 Å². The molecule has 0 aromatic heterocycles. The van der Waals surface area contributed by atoms with Gasteiger partial charge in [-0.3, -0.25) is 14.9 Å². The molecule has 140 valence electrons. The van der Waals surface area contributed by atoms with Crippen LogP contribution in [0.5, 0.6) is 5.75 Å². The maximum atomic E-state index is 12.1. The molecule has 0 saturated heterocycles. The average Bonchev–Trinajstić information content (AvgIpc) is 2.72. The van der Waals surface area contributed by atoms with Gasteiger partial charge in [-0.15, -0.1) is 0 Å². The Labute approximate surface area is 162 Å². The summed E-state index contributed by atoms with van der Waals surface area (Å²) >= 11 is 0. The number of rotatable bonds is 7. The van der Waals surface area contributed by atoms with Gasteiger partial charge < -0.3 is 10.1 Å². The summed E-state index contributed by atoms with van der Waals surface area (Å²) in [5.41, 5.74) is 2.20. The van der Waals surface area contributed by atoms with E-state index < -0.39 is 4.92 Å². The molecule has 3 aromatic carbocycles.